The lowest BCUT2D eigenvalue weighted by atomic mass is 9.90. The van der Waals surface area contributed by atoms with Crippen molar-refractivity contribution in [2.24, 2.45) is 17.8 Å². The third-order valence-electron chi connectivity index (χ3n) is 5.73. The molecule has 0 aromatic carbocycles. The molecule has 0 unspecified atom stereocenters. The molecule has 1 aliphatic carbocycles. The maximum atomic E-state index is 10.7. The quantitative estimate of drug-likeness (QED) is 0.176. The zero-order valence-electron chi connectivity index (χ0n) is 18.2. The summed E-state index contributed by atoms with van der Waals surface area (Å²) < 4.78 is 4.67. The minimum absolute atomic E-state index is 0.204. The number of unbranched alkanes of at least 4 members (excludes halogenated alkanes) is 3. The number of carbonyl (C=O) groups is 1. The summed E-state index contributed by atoms with van der Waals surface area (Å²) in [4.78, 5) is 10.7. The van der Waals surface area contributed by atoms with Crippen molar-refractivity contribution in [2.75, 3.05) is 6.61 Å². The second kappa shape index (κ2) is 13.9. The predicted octanol–water partition coefficient (Wildman–Crippen LogP) is 5.54. The van der Waals surface area contributed by atoms with Crippen LogP contribution in [0.1, 0.15) is 91.4 Å². The Kier molecular flexibility index (Phi) is 12.4. The fraction of sp³-hybridized carbons (Fsp3) is 0.792. The number of ether oxygens (including phenoxy) is 1. The van der Waals surface area contributed by atoms with Crippen molar-refractivity contribution in [1.82, 2.24) is 0 Å². The molecule has 0 amide bonds. The normalized spacial score (nSPS) is 21.6. The molecule has 2 N–H and O–H groups in total. The first-order chi connectivity index (χ1) is 13.3. The molecule has 0 saturated heterocycles. The van der Waals surface area contributed by atoms with Crippen molar-refractivity contribution in [3.05, 3.63) is 24.3 Å². The molecule has 0 radical (unpaired) electrons. The van der Waals surface area contributed by atoms with Gasteiger partial charge in [0.2, 0.25) is 0 Å². The number of aliphatic hydroxyl groups is 2. The summed E-state index contributed by atoms with van der Waals surface area (Å²) in [6, 6.07) is 0. The van der Waals surface area contributed by atoms with Gasteiger partial charge in [-0.05, 0) is 56.3 Å². The van der Waals surface area contributed by atoms with Gasteiger partial charge in [0.25, 0.3) is 0 Å². The Morgan fingerprint density at radius 2 is 2.00 bits per heavy atom. The highest BCUT2D eigenvalue weighted by Gasteiger charge is 2.25. The van der Waals surface area contributed by atoms with Gasteiger partial charge in [0.1, 0.15) is 6.61 Å². The molecule has 0 aromatic heterocycles. The summed E-state index contributed by atoms with van der Waals surface area (Å²) >= 11 is 0. The molecule has 1 rings (SSSR count). The van der Waals surface area contributed by atoms with Crippen LogP contribution in [0.15, 0.2) is 24.3 Å². The topological polar surface area (TPSA) is 66.8 Å². The van der Waals surface area contributed by atoms with Crippen LogP contribution in [-0.4, -0.2) is 28.6 Å². The summed E-state index contributed by atoms with van der Waals surface area (Å²) in [6.45, 7) is 5.49. The van der Waals surface area contributed by atoms with E-state index in [0.717, 1.165) is 18.8 Å². The van der Waals surface area contributed by atoms with Crippen LogP contribution < -0.4 is 0 Å². The number of rotatable bonds is 14. The van der Waals surface area contributed by atoms with Gasteiger partial charge >= 0.3 is 5.97 Å². The number of esters is 1. The Balaban J connectivity index is 2.24. The molecule has 4 heteroatoms. The molecule has 1 fully saturated rings. The summed E-state index contributed by atoms with van der Waals surface area (Å²) in [5.74, 6) is -0.275. The van der Waals surface area contributed by atoms with Gasteiger partial charge in [-0.1, -0.05) is 63.8 Å². The second-order valence-corrected chi connectivity index (χ2v) is 8.57. The molecule has 0 bridgehead atoms. The summed E-state index contributed by atoms with van der Waals surface area (Å²) in [5, 5.41) is 19.5. The SMILES string of the molecule is CCCCC[C@@H](C)/C=C/[C@H]1CCC[C@@H]1C/C=C\CCCC(O)(O)COC(C)=O. The Hall–Kier alpha value is -1.13. The van der Waals surface area contributed by atoms with Crippen molar-refractivity contribution in [2.45, 2.75) is 97.2 Å². The fourth-order valence-corrected chi connectivity index (χ4v) is 3.94. The largest absolute Gasteiger partial charge is 0.460 e. The Bertz CT molecular complexity index is 481. The van der Waals surface area contributed by atoms with Crippen molar-refractivity contribution >= 4 is 5.97 Å². The first-order valence-corrected chi connectivity index (χ1v) is 11.3. The second-order valence-electron chi connectivity index (χ2n) is 8.57. The molecule has 0 spiro atoms. The molecule has 1 saturated carbocycles. The van der Waals surface area contributed by atoms with Gasteiger partial charge in [0.05, 0.1) is 0 Å². The van der Waals surface area contributed by atoms with E-state index in [0.29, 0.717) is 18.3 Å². The molecule has 4 nitrogen and oxygen atoms in total. The van der Waals surface area contributed by atoms with Crippen LogP contribution in [0.2, 0.25) is 0 Å². The van der Waals surface area contributed by atoms with Crippen molar-refractivity contribution < 1.29 is 19.7 Å². The molecule has 162 valence electrons. The van der Waals surface area contributed by atoms with Crippen LogP contribution in [0.5, 0.6) is 0 Å². The van der Waals surface area contributed by atoms with Crippen LogP contribution in [0.25, 0.3) is 0 Å². The van der Waals surface area contributed by atoms with Gasteiger partial charge in [-0.25, -0.2) is 0 Å². The molecule has 0 aromatic rings. The van der Waals surface area contributed by atoms with Crippen LogP contribution in [0.3, 0.4) is 0 Å². The summed E-state index contributed by atoms with van der Waals surface area (Å²) in [7, 11) is 0. The summed E-state index contributed by atoms with van der Waals surface area (Å²) in [6.07, 6.45) is 21.3. The van der Waals surface area contributed by atoms with Gasteiger partial charge in [0.15, 0.2) is 5.79 Å². The number of allylic oxidation sites excluding steroid dienone is 4. The minimum Gasteiger partial charge on any atom is -0.460 e. The third kappa shape index (κ3) is 11.7. The van der Waals surface area contributed by atoms with Gasteiger partial charge in [0, 0.05) is 13.3 Å². The van der Waals surface area contributed by atoms with Gasteiger partial charge in [-0.15, -0.1) is 0 Å². The van der Waals surface area contributed by atoms with Crippen LogP contribution in [0, 0.1) is 17.8 Å². The van der Waals surface area contributed by atoms with E-state index in [4.69, 9.17) is 0 Å². The fourth-order valence-electron chi connectivity index (χ4n) is 3.94. The van der Waals surface area contributed by atoms with E-state index in [9.17, 15) is 15.0 Å². The number of carbonyl (C=O) groups excluding carboxylic acids is 1. The average Bonchev–Trinajstić information content (AvgIpc) is 3.09. The Morgan fingerprint density at radius 1 is 1.21 bits per heavy atom. The molecule has 0 aliphatic heterocycles. The Labute approximate surface area is 172 Å². The molecule has 3 atom stereocenters. The first-order valence-electron chi connectivity index (χ1n) is 11.3. The van der Waals surface area contributed by atoms with Gasteiger partial charge < -0.3 is 14.9 Å². The van der Waals surface area contributed by atoms with Crippen molar-refractivity contribution in [3.8, 4) is 0 Å². The maximum Gasteiger partial charge on any atom is 0.302 e. The first kappa shape index (κ1) is 24.9. The highest BCUT2D eigenvalue weighted by atomic mass is 16.6. The molecule has 0 heterocycles. The molecule has 28 heavy (non-hydrogen) atoms. The highest BCUT2D eigenvalue weighted by molar-refractivity contribution is 5.65. The smallest absolute Gasteiger partial charge is 0.302 e. The lowest BCUT2D eigenvalue weighted by molar-refractivity contribution is -0.204. The van der Waals surface area contributed by atoms with Crippen molar-refractivity contribution in [3.63, 3.8) is 0 Å². The zero-order valence-corrected chi connectivity index (χ0v) is 18.2. The average molecular weight is 395 g/mol. The zero-order chi connectivity index (χ0) is 20.8. The highest BCUT2D eigenvalue weighted by Crippen LogP contribution is 2.35. The lowest BCUT2D eigenvalue weighted by Crippen LogP contribution is -2.34. The van der Waals surface area contributed by atoms with Crippen LogP contribution in [-0.2, 0) is 9.53 Å². The summed E-state index contributed by atoms with van der Waals surface area (Å²) in [5.41, 5.74) is 0. The monoisotopic (exact) mass is 394 g/mol. The van der Waals surface area contributed by atoms with E-state index in [1.165, 1.54) is 51.9 Å². The van der Waals surface area contributed by atoms with E-state index in [1.807, 2.05) is 0 Å². The Morgan fingerprint density at radius 3 is 2.71 bits per heavy atom. The standard InChI is InChI=1S/C24H42O4/c1-4-5-8-12-20(2)16-17-23-15-11-14-22(23)13-9-6-7-10-18-24(26,27)19-28-21(3)25/h6,9,16-17,20,22-23,26-27H,4-5,7-8,10-15,18-19H2,1-3H3/b9-6-,17-16+/t20-,22+,23-/m1/s1. The van der Waals surface area contributed by atoms with E-state index in [-0.39, 0.29) is 13.0 Å². The predicted molar refractivity (Wildman–Crippen MR) is 115 cm³/mol. The van der Waals surface area contributed by atoms with E-state index in [2.05, 4.69) is 42.9 Å². The minimum atomic E-state index is -1.92. The number of hydrogen-bond acceptors (Lipinski definition) is 4. The molecular formula is C24H42O4. The van der Waals surface area contributed by atoms with Gasteiger partial charge in [-0.2, -0.15) is 0 Å². The van der Waals surface area contributed by atoms with E-state index >= 15 is 0 Å². The van der Waals surface area contributed by atoms with Gasteiger partial charge in [-0.3, -0.25) is 4.79 Å². The lowest BCUT2D eigenvalue weighted by Gasteiger charge is -2.20. The number of hydrogen-bond donors (Lipinski definition) is 2. The maximum absolute atomic E-state index is 10.7. The molecular weight excluding hydrogens is 352 g/mol. The van der Waals surface area contributed by atoms with E-state index < -0.39 is 11.8 Å². The van der Waals surface area contributed by atoms with Crippen LogP contribution >= 0.6 is 0 Å². The van der Waals surface area contributed by atoms with Crippen molar-refractivity contribution in [1.29, 1.82) is 0 Å². The molecule has 1 aliphatic rings. The van der Waals surface area contributed by atoms with E-state index in [1.54, 1.807) is 0 Å². The third-order valence-corrected chi connectivity index (χ3v) is 5.73. The van der Waals surface area contributed by atoms with Crippen LogP contribution in [0.4, 0.5) is 0 Å².